The van der Waals surface area contributed by atoms with E-state index >= 15 is 0 Å². The zero-order valence-corrected chi connectivity index (χ0v) is 9.76. The Morgan fingerprint density at radius 1 is 1.38 bits per heavy atom. The number of hydrogen-bond donors (Lipinski definition) is 1. The molecule has 1 N–H and O–H groups in total. The summed E-state index contributed by atoms with van der Waals surface area (Å²) in [5.41, 5.74) is 1.19. The van der Waals surface area contributed by atoms with Crippen molar-refractivity contribution in [1.29, 1.82) is 0 Å². The Morgan fingerprint density at radius 3 is 2.77 bits per heavy atom. The van der Waals surface area contributed by atoms with Gasteiger partial charge in [-0.25, -0.2) is 0 Å². The number of benzene rings is 1. The Kier molecular flexibility index (Phi) is 4.29. The van der Waals surface area contributed by atoms with E-state index in [1.807, 2.05) is 12.1 Å². The molecule has 0 fully saturated rings. The van der Waals surface area contributed by atoms with E-state index in [0.29, 0.717) is 0 Å². The molecule has 13 heavy (non-hydrogen) atoms. The van der Waals surface area contributed by atoms with Crippen molar-refractivity contribution in [2.75, 3.05) is 11.9 Å². The number of hydrogen-bond acceptors (Lipinski definition) is 1. The van der Waals surface area contributed by atoms with Crippen LogP contribution in [0.1, 0.15) is 20.3 Å². The van der Waals surface area contributed by atoms with Crippen LogP contribution in [0, 0.1) is 5.92 Å². The highest BCUT2D eigenvalue weighted by Crippen LogP contribution is 2.15. The van der Waals surface area contributed by atoms with Gasteiger partial charge in [0.05, 0.1) is 0 Å². The summed E-state index contributed by atoms with van der Waals surface area (Å²) in [7, 11) is 0. The third-order valence-corrected chi connectivity index (χ3v) is 2.37. The van der Waals surface area contributed by atoms with Gasteiger partial charge in [-0.05, 0) is 30.5 Å². The van der Waals surface area contributed by atoms with Crippen molar-refractivity contribution >= 4 is 21.6 Å². The first-order valence-corrected chi connectivity index (χ1v) is 5.47. The van der Waals surface area contributed by atoms with E-state index < -0.39 is 0 Å². The minimum Gasteiger partial charge on any atom is -0.385 e. The van der Waals surface area contributed by atoms with Crippen LogP contribution in [0.5, 0.6) is 0 Å². The van der Waals surface area contributed by atoms with Crippen LogP contribution in [0.3, 0.4) is 0 Å². The zero-order chi connectivity index (χ0) is 9.68. The van der Waals surface area contributed by atoms with E-state index in [2.05, 4.69) is 47.2 Å². The fourth-order valence-electron chi connectivity index (χ4n) is 1.10. The standard InChI is InChI=1S/C11H16BrN/c1-9(2)6-7-13-11-5-3-4-10(12)8-11/h3-5,8-9,13H,6-7H2,1-2H3. The third-order valence-electron chi connectivity index (χ3n) is 1.88. The van der Waals surface area contributed by atoms with Gasteiger partial charge in [-0.2, -0.15) is 0 Å². The molecule has 1 nitrogen and oxygen atoms in total. The Balaban J connectivity index is 2.37. The molecule has 2 heteroatoms. The molecule has 0 bridgehead atoms. The largest absolute Gasteiger partial charge is 0.385 e. The zero-order valence-electron chi connectivity index (χ0n) is 8.18. The van der Waals surface area contributed by atoms with Crippen LogP contribution >= 0.6 is 15.9 Å². The van der Waals surface area contributed by atoms with E-state index in [0.717, 1.165) is 16.9 Å². The molecule has 0 aliphatic heterocycles. The van der Waals surface area contributed by atoms with Gasteiger partial charge in [0.15, 0.2) is 0 Å². The van der Waals surface area contributed by atoms with Crippen LogP contribution in [0.2, 0.25) is 0 Å². The molecule has 1 rings (SSSR count). The fourth-order valence-corrected chi connectivity index (χ4v) is 1.50. The predicted octanol–water partition coefficient (Wildman–Crippen LogP) is 3.91. The van der Waals surface area contributed by atoms with Crippen LogP contribution < -0.4 is 5.32 Å². The molecule has 0 aromatic heterocycles. The smallest absolute Gasteiger partial charge is 0.0351 e. The first-order chi connectivity index (χ1) is 6.18. The van der Waals surface area contributed by atoms with Crippen molar-refractivity contribution in [3.8, 4) is 0 Å². The maximum atomic E-state index is 3.44. The molecule has 0 amide bonds. The summed E-state index contributed by atoms with van der Waals surface area (Å²) in [5.74, 6) is 0.764. The molecule has 72 valence electrons. The summed E-state index contributed by atoms with van der Waals surface area (Å²) in [4.78, 5) is 0. The van der Waals surface area contributed by atoms with E-state index in [1.54, 1.807) is 0 Å². The normalized spacial score (nSPS) is 10.5. The van der Waals surface area contributed by atoms with Crippen molar-refractivity contribution in [3.63, 3.8) is 0 Å². The number of anilines is 1. The topological polar surface area (TPSA) is 12.0 Å². The van der Waals surface area contributed by atoms with E-state index in [4.69, 9.17) is 0 Å². The average Bonchev–Trinajstić information content (AvgIpc) is 2.03. The molecule has 0 aliphatic rings. The van der Waals surface area contributed by atoms with Crippen LogP contribution in [0.25, 0.3) is 0 Å². The highest BCUT2D eigenvalue weighted by Gasteiger charge is 1.94. The molecule has 0 saturated heterocycles. The van der Waals surface area contributed by atoms with E-state index in [9.17, 15) is 0 Å². The lowest BCUT2D eigenvalue weighted by molar-refractivity contribution is 0.607. The first kappa shape index (κ1) is 10.6. The number of rotatable bonds is 4. The van der Waals surface area contributed by atoms with Gasteiger partial charge in [-0.1, -0.05) is 35.8 Å². The molecule has 0 radical (unpaired) electrons. The maximum absolute atomic E-state index is 3.44. The van der Waals surface area contributed by atoms with Gasteiger partial charge in [-0.3, -0.25) is 0 Å². The molecule has 0 unspecified atom stereocenters. The number of halogens is 1. The second-order valence-electron chi connectivity index (χ2n) is 3.62. The summed E-state index contributed by atoms with van der Waals surface area (Å²) < 4.78 is 1.13. The predicted molar refractivity (Wildman–Crippen MR) is 62.1 cm³/mol. The summed E-state index contributed by atoms with van der Waals surface area (Å²) in [6, 6.07) is 8.26. The first-order valence-electron chi connectivity index (χ1n) is 4.68. The van der Waals surface area contributed by atoms with E-state index in [-0.39, 0.29) is 0 Å². The molecule has 0 spiro atoms. The van der Waals surface area contributed by atoms with Crippen LogP contribution in [-0.4, -0.2) is 6.54 Å². The monoisotopic (exact) mass is 241 g/mol. The van der Waals surface area contributed by atoms with Crippen molar-refractivity contribution in [1.82, 2.24) is 0 Å². The van der Waals surface area contributed by atoms with Crippen LogP contribution in [0.4, 0.5) is 5.69 Å². The molecular weight excluding hydrogens is 226 g/mol. The summed E-state index contributed by atoms with van der Waals surface area (Å²) in [6.07, 6.45) is 1.21. The van der Waals surface area contributed by atoms with Crippen LogP contribution in [-0.2, 0) is 0 Å². The molecule has 0 aliphatic carbocycles. The van der Waals surface area contributed by atoms with Crippen molar-refractivity contribution in [2.24, 2.45) is 5.92 Å². The molecule has 0 saturated carbocycles. The Morgan fingerprint density at radius 2 is 2.15 bits per heavy atom. The molecule has 1 aromatic rings. The molecular formula is C11H16BrN. The number of nitrogens with one attached hydrogen (secondary N) is 1. The Hall–Kier alpha value is -0.500. The Labute approximate surface area is 88.7 Å². The van der Waals surface area contributed by atoms with Crippen LogP contribution in [0.15, 0.2) is 28.7 Å². The summed E-state index contributed by atoms with van der Waals surface area (Å²) >= 11 is 3.44. The molecule has 0 atom stereocenters. The van der Waals surface area contributed by atoms with Crippen molar-refractivity contribution in [2.45, 2.75) is 20.3 Å². The summed E-state index contributed by atoms with van der Waals surface area (Å²) in [6.45, 7) is 5.53. The van der Waals surface area contributed by atoms with Gasteiger partial charge >= 0.3 is 0 Å². The minimum atomic E-state index is 0.764. The Bertz CT molecular complexity index is 258. The van der Waals surface area contributed by atoms with Gasteiger partial charge in [0.1, 0.15) is 0 Å². The van der Waals surface area contributed by atoms with Crippen molar-refractivity contribution in [3.05, 3.63) is 28.7 Å². The molecule has 0 heterocycles. The minimum absolute atomic E-state index is 0.764. The highest BCUT2D eigenvalue weighted by molar-refractivity contribution is 9.10. The van der Waals surface area contributed by atoms with Gasteiger partial charge in [0.25, 0.3) is 0 Å². The van der Waals surface area contributed by atoms with E-state index in [1.165, 1.54) is 12.1 Å². The third kappa shape index (κ3) is 4.32. The second kappa shape index (κ2) is 5.28. The van der Waals surface area contributed by atoms with Crippen molar-refractivity contribution < 1.29 is 0 Å². The second-order valence-corrected chi connectivity index (χ2v) is 4.54. The molecule has 1 aromatic carbocycles. The van der Waals surface area contributed by atoms with Gasteiger partial charge in [-0.15, -0.1) is 0 Å². The summed E-state index contributed by atoms with van der Waals surface area (Å²) in [5, 5.41) is 3.39. The van der Waals surface area contributed by atoms with Gasteiger partial charge < -0.3 is 5.32 Å². The average molecular weight is 242 g/mol. The lowest BCUT2D eigenvalue weighted by atomic mass is 10.1. The lowest BCUT2D eigenvalue weighted by Gasteiger charge is -2.08. The van der Waals surface area contributed by atoms with Gasteiger partial charge in [0, 0.05) is 16.7 Å². The highest BCUT2D eigenvalue weighted by atomic mass is 79.9. The lowest BCUT2D eigenvalue weighted by Crippen LogP contribution is -2.04. The quantitative estimate of drug-likeness (QED) is 0.844. The van der Waals surface area contributed by atoms with Gasteiger partial charge in [0.2, 0.25) is 0 Å². The fraction of sp³-hybridized carbons (Fsp3) is 0.455. The maximum Gasteiger partial charge on any atom is 0.0351 e. The SMILES string of the molecule is CC(C)CCNc1cccc(Br)c1.